The summed E-state index contributed by atoms with van der Waals surface area (Å²) in [5, 5.41) is 10.4. The number of halogens is 3. The molecule has 0 bridgehead atoms. The van der Waals surface area contributed by atoms with E-state index in [1.165, 1.54) is 24.8 Å². The lowest BCUT2D eigenvalue weighted by Crippen LogP contribution is -2.48. The number of carboxylic acids is 1. The summed E-state index contributed by atoms with van der Waals surface area (Å²) >= 11 is 0. The molecule has 1 unspecified atom stereocenters. The third-order valence-electron chi connectivity index (χ3n) is 7.19. The average molecular weight is 557 g/mol. The molecule has 0 spiro atoms. The third kappa shape index (κ3) is 10.8. The monoisotopic (exact) mass is 556 g/mol. The van der Waals surface area contributed by atoms with E-state index in [-0.39, 0.29) is 17.2 Å². The Hall–Kier alpha value is -2.66. The molecule has 39 heavy (non-hydrogen) atoms. The van der Waals surface area contributed by atoms with Crippen molar-refractivity contribution in [3.05, 3.63) is 35.4 Å². The van der Waals surface area contributed by atoms with E-state index in [2.05, 4.69) is 50.0 Å². The van der Waals surface area contributed by atoms with E-state index >= 15 is 0 Å². The second-order valence-corrected chi connectivity index (χ2v) is 11.2. The highest BCUT2D eigenvalue weighted by Gasteiger charge is 2.38. The minimum atomic E-state index is -5.08. The number of alkyl halides is 3. The van der Waals surface area contributed by atoms with Crippen LogP contribution in [0.25, 0.3) is 0 Å². The van der Waals surface area contributed by atoms with Crippen LogP contribution < -0.4 is 5.32 Å². The van der Waals surface area contributed by atoms with Gasteiger partial charge in [0.15, 0.2) is 0 Å². The number of hydrogen-bond donors (Lipinski definition) is 2. The van der Waals surface area contributed by atoms with Crippen molar-refractivity contribution >= 4 is 17.8 Å². The van der Waals surface area contributed by atoms with Gasteiger partial charge in [-0.2, -0.15) is 13.2 Å². The molecule has 1 aromatic carbocycles. The Morgan fingerprint density at radius 2 is 1.59 bits per heavy atom. The predicted molar refractivity (Wildman–Crippen MR) is 144 cm³/mol. The van der Waals surface area contributed by atoms with Gasteiger partial charge < -0.3 is 20.2 Å². The highest BCUT2D eigenvalue weighted by molar-refractivity contribution is 5.94. The SMILES string of the molecule is CC1CCCCN1CCN(CCC(=O)N1CCNCC1)C(=O)c1ccc(C(C)(C)C)cc1.O=C(O)C(F)(F)F. The van der Waals surface area contributed by atoms with Crippen molar-refractivity contribution in [3.63, 3.8) is 0 Å². The number of likely N-dealkylation sites (tertiary alicyclic amines) is 1. The minimum absolute atomic E-state index is 0.0308. The molecule has 3 rings (SSSR count). The van der Waals surface area contributed by atoms with E-state index in [0.717, 1.165) is 39.3 Å². The highest BCUT2D eigenvalue weighted by Crippen LogP contribution is 2.23. The van der Waals surface area contributed by atoms with Gasteiger partial charge >= 0.3 is 12.1 Å². The number of piperazine rings is 1. The number of nitrogens with zero attached hydrogens (tertiary/aromatic N) is 3. The summed E-state index contributed by atoms with van der Waals surface area (Å²) in [6, 6.07) is 8.57. The second kappa shape index (κ2) is 14.6. The molecular weight excluding hydrogens is 513 g/mol. The molecule has 2 N–H and O–H groups in total. The number of carbonyl (C=O) groups excluding carboxylic acids is 2. The molecular formula is C28H43F3N4O4. The van der Waals surface area contributed by atoms with Gasteiger partial charge in [0.05, 0.1) is 0 Å². The Morgan fingerprint density at radius 3 is 2.10 bits per heavy atom. The molecule has 2 aliphatic rings. The van der Waals surface area contributed by atoms with Crippen LogP contribution in [0.4, 0.5) is 13.2 Å². The average Bonchev–Trinajstić information content (AvgIpc) is 2.89. The van der Waals surface area contributed by atoms with Crippen molar-refractivity contribution in [2.45, 2.75) is 71.0 Å². The van der Waals surface area contributed by atoms with Crippen LogP contribution >= 0.6 is 0 Å². The summed E-state index contributed by atoms with van der Waals surface area (Å²) in [6.07, 6.45) is -0.946. The zero-order valence-corrected chi connectivity index (χ0v) is 23.5. The van der Waals surface area contributed by atoms with Crippen molar-refractivity contribution in [1.82, 2.24) is 20.0 Å². The van der Waals surface area contributed by atoms with Gasteiger partial charge in [0.2, 0.25) is 5.91 Å². The first kappa shape index (κ1) is 32.6. The van der Waals surface area contributed by atoms with E-state index in [0.29, 0.717) is 31.1 Å². The molecule has 2 heterocycles. The fourth-order valence-electron chi connectivity index (χ4n) is 4.65. The fourth-order valence-corrected chi connectivity index (χ4v) is 4.65. The standard InChI is InChI=1S/C26H42N4O2.C2HF3O2/c1-21-7-5-6-15-28(21)19-20-30(16-12-24(31)29-17-13-27-14-18-29)25(32)22-8-10-23(11-9-22)26(2,3)4;3-2(4,5)1(6)7/h8-11,21,27H,5-7,12-20H2,1-4H3;(H,6,7). The molecule has 2 fully saturated rings. The third-order valence-corrected chi connectivity index (χ3v) is 7.19. The maximum atomic E-state index is 13.4. The van der Waals surface area contributed by atoms with Gasteiger partial charge in [-0.05, 0) is 49.4 Å². The van der Waals surface area contributed by atoms with Gasteiger partial charge in [-0.25, -0.2) is 4.79 Å². The molecule has 8 nitrogen and oxygen atoms in total. The van der Waals surface area contributed by atoms with Crippen molar-refractivity contribution in [3.8, 4) is 0 Å². The smallest absolute Gasteiger partial charge is 0.475 e. The molecule has 220 valence electrons. The van der Waals surface area contributed by atoms with Gasteiger partial charge in [0.1, 0.15) is 0 Å². The molecule has 11 heteroatoms. The van der Waals surface area contributed by atoms with Gasteiger partial charge in [-0.15, -0.1) is 0 Å². The fraction of sp³-hybridized carbons (Fsp3) is 0.679. The van der Waals surface area contributed by atoms with Gasteiger partial charge in [0, 0.05) is 63.8 Å². The number of carbonyl (C=O) groups is 3. The highest BCUT2D eigenvalue weighted by atomic mass is 19.4. The number of piperidine rings is 1. The van der Waals surface area contributed by atoms with Crippen LogP contribution in [0.3, 0.4) is 0 Å². The van der Waals surface area contributed by atoms with Gasteiger partial charge in [-0.3, -0.25) is 14.5 Å². The van der Waals surface area contributed by atoms with Crippen molar-refractivity contribution < 1.29 is 32.7 Å². The topological polar surface area (TPSA) is 93.2 Å². The summed E-state index contributed by atoms with van der Waals surface area (Å²) < 4.78 is 31.7. The van der Waals surface area contributed by atoms with Crippen LogP contribution in [0.15, 0.2) is 24.3 Å². The number of nitrogens with one attached hydrogen (secondary N) is 1. The van der Waals surface area contributed by atoms with E-state index < -0.39 is 12.1 Å². The molecule has 1 atom stereocenters. The normalized spacial score (nSPS) is 18.6. The van der Waals surface area contributed by atoms with Crippen molar-refractivity contribution in [2.75, 3.05) is 52.4 Å². The summed E-state index contributed by atoms with van der Waals surface area (Å²) in [7, 11) is 0. The van der Waals surface area contributed by atoms with Gasteiger partial charge in [-0.1, -0.05) is 39.3 Å². The first-order chi connectivity index (χ1) is 18.2. The summed E-state index contributed by atoms with van der Waals surface area (Å²) in [4.78, 5) is 41.3. The maximum Gasteiger partial charge on any atom is 0.490 e. The van der Waals surface area contributed by atoms with Crippen LogP contribution in [-0.4, -0.2) is 102 Å². The molecule has 0 aliphatic carbocycles. The maximum absolute atomic E-state index is 13.4. The Labute approximate surface area is 229 Å². The van der Waals surface area contributed by atoms with Gasteiger partial charge in [0.25, 0.3) is 5.91 Å². The van der Waals surface area contributed by atoms with E-state index in [1.54, 1.807) is 0 Å². The number of rotatable bonds is 7. The van der Waals surface area contributed by atoms with Crippen LogP contribution in [0, 0.1) is 0 Å². The van der Waals surface area contributed by atoms with Crippen LogP contribution in [-0.2, 0) is 15.0 Å². The summed E-state index contributed by atoms with van der Waals surface area (Å²) in [6.45, 7) is 15.1. The lowest BCUT2D eigenvalue weighted by atomic mass is 9.86. The zero-order valence-electron chi connectivity index (χ0n) is 23.5. The first-order valence-electron chi connectivity index (χ1n) is 13.6. The zero-order chi connectivity index (χ0) is 29.2. The molecule has 0 radical (unpaired) electrons. The molecule has 2 amide bonds. The number of aliphatic carboxylic acids is 1. The van der Waals surface area contributed by atoms with Crippen molar-refractivity contribution in [2.24, 2.45) is 0 Å². The Kier molecular flexibility index (Phi) is 12.2. The number of amides is 2. The molecule has 0 aromatic heterocycles. The lowest BCUT2D eigenvalue weighted by Gasteiger charge is -2.35. The molecule has 2 aliphatic heterocycles. The molecule has 2 saturated heterocycles. The van der Waals surface area contributed by atoms with E-state index in [9.17, 15) is 22.8 Å². The first-order valence-corrected chi connectivity index (χ1v) is 13.6. The summed E-state index contributed by atoms with van der Waals surface area (Å²) in [5.74, 6) is -2.57. The van der Waals surface area contributed by atoms with Crippen molar-refractivity contribution in [1.29, 1.82) is 0 Å². The lowest BCUT2D eigenvalue weighted by molar-refractivity contribution is -0.192. The summed E-state index contributed by atoms with van der Waals surface area (Å²) in [5.41, 5.74) is 1.98. The Bertz CT molecular complexity index is 942. The van der Waals surface area contributed by atoms with E-state index in [1.807, 2.05) is 21.9 Å². The van der Waals surface area contributed by atoms with E-state index in [4.69, 9.17) is 9.90 Å². The van der Waals surface area contributed by atoms with Crippen LogP contribution in [0.1, 0.15) is 69.3 Å². The van der Waals surface area contributed by atoms with Crippen LogP contribution in [0.2, 0.25) is 0 Å². The predicted octanol–water partition coefficient (Wildman–Crippen LogP) is 3.76. The molecule has 0 saturated carbocycles. The quantitative estimate of drug-likeness (QED) is 0.532. The molecule has 1 aromatic rings. The Balaban J connectivity index is 0.000000673. The van der Waals surface area contributed by atoms with Crippen LogP contribution in [0.5, 0.6) is 0 Å². The number of carboxylic acid groups (broad SMARTS) is 1. The number of hydrogen-bond acceptors (Lipinski definition) is 5. The largest absolute Gasteiger partial charge is 0.490 e. The Morgan fingerprint density at radius 1 is 1.00 bits per heavy atom. The minimum Gasteiger partial charge on any atom is -0.475 e. The number of benzene rings is 1. The second-order valence-electron chi connectivity index (χ2n) is 11.2.